The Kier molecular flexibility index (Phi) is 6.55. The van der Waals surface area contributed by atoms with Gasteiger partial charge in [0.1, 0.15) is 12.1 Å². The maximum Gasteiger partial charge on any atom is 0.258 e. The van der Waals surface area contributed by atoms with Crippen LogP contribution in [0, 0.1) is 5.41 Å². The van der Waals surface area contributed by atoms with Crippen molar-refractivity contribution >= 4 is 44.7 Å². The van der Waals surface area contributed by atoms with E-state index in [9.17, 15) is 22.0 Å². The van der Waals surface area contributed by atoms with Crippen molar-refractivity contribution in [3.8, 4) is 0 Å². The number of fused-ring (bicyclic) bond motifs is 1. The Hall–Kier alpha value is -3.55. The molecule has 0 unspecified atom stereocenters. The molecule has 1 saturated carbocycles. The van der Waals surface area contributed by atoms with Gasteiger partial charge in [-0.2, -0.15) is 14.6 Å². The summed E-state index contributed by atoms with van der Waals surface area (Å²) in [6.45, 7) is 3.31. The third-order valence-corrected chi connectivity index (χ3v) is 9.59. The first-order valence-corrected chi connectivity index (χ1v) is 15.3. The zero-order chi connectivity index (χ0) is 28.1. The van der Waals surface area contributed by atoms with Gasteiger partial charge in [-0.1, -0.05) is 0 Å². The summed E-state index contributed by atoms with van der Waals surface area (Å²) in [5.74, 6) is -2.65. The van der Waals surface area contributed by atoms with Crippen LogP contribution in [0.25, 0.3) is 5.65 Å². The highest BCUT2D eigenvalue weighted by Gasteiger charge is 2.44. The van der Waals surface area contributed by atoms with E-state index in [2.05, 4.69) is 30.0 Å². The first-order valence-electron chi connectivity index (χ1n) is 13.6. The standard InChI is InChI=1S/C26H32F2N8O3S/c1-2-40(38,39)33-18-3-4-19(20(15-18)34-11-7-25(5-6-25)8-12-34)23(37)31-21-16-22-29-17-30-36(22)24(32-21)35-13-9-26(27,28)10-14-35/h3-4,15-17,33H,2,5-14H2,1H3,(H,31,37). The summed E-state index contributed by atoms with van der Waals surface area (Å²) in [5, 5.41) is 7.04. The number of alkyl halides is 2. The number of hydrogen-bond donors (Lipinski definition) is 2. The number of anilines is 4. The van der Waals surface area contributed by atoms with Crippen LogP contribution in [0.4, 0.5) is 31.9 Å². The second-order valence-corrected chi connectivity index (χ2v) is 13.0. The number of piperidine rings is 2. The van der Waals surface area contributed by atoms with E-state index in [1.165, 1.54) is 23.7 Å². The van der Waals surface area contributed by atoms with E-state index in [-0.39, 0.29) is 37.5 Å². The van der Waals surface area contributed by atoms with Gasteiger partial charge in [-0.25, -0.2) is 22.2 Å². The number of amides is 1. The Labute approximate surface area is 231 Å². The number of benzene rings is 1. The molecule has 2 aromatic heterocycles. The molecule has 40 heavy (non-hydrogen) atoms. The number of aromatic nitrogens is 4. The molecule has 3 aliphatic rings. The van der Waals surface area contributed by atoms with Crippen LogP contribution < -0.4 is 19.8 Å². The molecule has 1 aliphatic carbocycles. The highest BCUT2D eigenvalue weighted by atomic mass is 32.2. The van der Waals surface area contributed by atoms with Crippen LogP contribution in [-0.4, -0.2) is 71.8 Å². The molecule has 214 valence electrons. The molecule has 1 aromatic carbocycles. The van der Waals surface area contributed by atoms with E-state index in [1.54, 1.807) is 36.1 Å². The van der Waals surface area contributed by atoms with Crippen molar-refractivity contribution in [2.24, 2.45) is 5.41 Å². The Morgan fingerprint density at radius 3 is 2.38 bits per heavy atom. The zero-order valence-electron chi connectivity index (χ0n) is 22.2. The van der Waals surface area contributed by atoms with E-state index in [4.69, 9.17) is 0 Å². The lowest BCUT2D eigenvalue weighted by atomic mass is 9.93. The van der Waals surface area contributed by atoms with Crippen molar-refractivity contribution in [3.05, 3.63) is 36.2 Å². The number of carbonyl (C=O) groups excluding carboxylic acids is 1. The molecule has 4 heterocycles. The lowest BCUT2D eigenvalue weighted by Gasteiger charge is -2.35. The van der Waals surface area contributed by atoms with Gasteiger partial charge in [0.15, 0.2) is 5.65 Å². The highest BCUT2D eigenvalue weighted by molar-refractivity contribution is 7.92. The van der Waals surface area contributed by atoms with Crippen LogP contribution in [0.5, 0.6) is 0 Å². The predicted molar refractivity (Wildman–Crippen MR) is 148 cm³/mol. The first-order chi connectivity index (χ1) is 19.1. The molecule has 0 atom stereocenters. The molecule has 0 radical (unpaired) electrons. The predicted octanol–water partition coefficient (Wildman–Crippen LogP) is 3.75. The van der Waals surface area contributed by atoms with Crippen molar-refractivity contribution in [1.82, 2.24) is 19.6 Å². The molecule has 1 spiro atoms. The molecule has 3 aromatic rings. The van der Waals surface area contributed by atoms with E-state index in [0.29, 0.717) is 33.9 Å². The number of halogens is 2. The van der Waals surface area contributed by atoms with Crippen LogP contribution in [0.15, 0.2) is 30.6 Å². The Morgan fingerprint density at radius 2 is 1.70 bits per heavy atom. The fraction of sp³-hybridized carbons (Fsp3) is 0.538. The van der Waals surface area contributed by atoms with Gasteiger partial charge in [-0.15, -0.1) is 0 Å². The molecule has 1 amide bonds. The summed E-state index contributed by atoms with van der Waals surface area (Å²) in [4.78, 5) is 26.3. The minimum atomic E-state index is -3.49. The minimum absolute atomic E-state index is 0.0649. The van der Waals surface area contributed by atoms with Gasteiger partial charge >= 0.3 is 0 Å². The molecule has 2 saturated heterocycles. The summed E-state index contributed by atoms with van der Waals surface area (Å²) >= 11 is 0. The van der Waals surface area contributed by atoms with Crippen LogP contribution in [0.3, 0.4) is 0 Å². The smallest absolute Gasteiger partial charge is 0.258 e. The number of nitrogens with one attached hydrogen (secondary N) is 2. The maximum atomic E-state index is 13.8. The van der Waals surface area contributed by atoms with Crippen molar-refractivity contribution < 1.29 is 22.0 Å². The summed E-state index contributed by atoms with van der Waals surface area (Å²) in [6, 6.07) is 6.48. The van der Waals surface area contributed by atoms with E-state index < -0.39 is 21.9 Å². The number of rotatable bonds is 7. The summed E-state index contributed by atoms with van der Waals surface area (Å²) in [5.41, 5.74) is 2.27. The SMILES string of the molecule is CCS(=O)(=O)Nc1ccc(C(=O)Nc2cc3ncnn3c(N3CCC(F)(F)CC3)n2)c(N2CCC3(CC2)CC3)c1. The van der Waals surface area contributed by atoms with Crippen molar-refractivity contribution in [2.75, 3.05) is 51.8 Å². The third-order valence-electron chi connectivity index (χ3n) is 8.29. The maximum absolute atomic E-state index is 13.8. The van der Waals surface area contributed by atoms with Gasteiger partial charge < -0.3 is 15.1 Å². The third kappa shape index (κ3) is 5.40. The Morgan fingerprint density at radius 1 is 1.00 bits per heavy atom. The largest absolute Gasteiger partial charge is 0.371 e. The van der Waals surface area contributed by atoms with Gasteiger partial charge in [0.25, 0.3) is 11.8 Å². The fourth-order valence-corrected chi connectivity index (χ4v) is 6.13. The second-order valence-electron chi connectivity index (χ2n) is 11.0. The quantitative estimate of drug-likeness (QED) is 0.437. The molecule has 6 rings (SSSR count). The number of hydrogen-bond acceptors (Lipinski definition) is 8. The van der Waals surface area contributed by atoms with Gasteiger partial charge in [-0.05, 0) is 56.2 Å². The lowest BCUT2D eigenvalue weighted by Crippen LogP contribution is -2.40. The monoisotopic (exact) mass is 574 g/mol. The minimum Gasteiger partial charge on any atom is -0.371 e. The van der Waals surface area contributed by atoms with Crippen molar-refractivity contribution in [1.29, 1.82) is 0 Å². The molecule has 2 aliphatic heterocycles. The van der Waals surface area contributed by atoms with Crippen molar-refractivity contribution in [3.63, 3.8) is 0 Å². The molecule has 11 nitrogen and oxygen atoms in total. The van der Waals surface area contributed by atoms with Crippen LogP contribution >= 0.6 is 0 Å². The second kappa shape index (κ2) is 9.82. The van der Waals surface area contributed by atoms with E-state index in [0.717, 1.165) is 25.9 Å². The first kappa shape index (κ1) is 26.7. The van der Waals surface area contributed by atoms with Gasteiger partial charge in [0.2, 0.25) is 16.0 Å². The normalized spacial score (nSPS) is 20.1. The molecule has 2 N–H and O–H groups in total. The van der Waals surface area contributed by atoms with E-state index in [1.807, 2.05) is 0 Å². The molecular formula is C26H32F2N8O3S. The summed E-state index contributed by atoms with van der Waals surface area (Å²) in [6.07, 6.45) is 5.29. The van der Waals surface area contributed by atoms with Crippen molar-refractivity contribution in [2.45, 2.75) is 51.4 Å². The van der Waals surface area contributed by atoms with E-state index >= 15 is 0 Å². The average Bonchev–Trinajstić information content (AvgIpc) is 3.50. The van der Waals surface area contributed by atoms with Crippen LogP contribution in [0.2, 0.25) is 0 Å². The van der Waals surface area contributed by atoms with Crippen LogP contribution in [0.1, 0.15) is 55.8 Å². The van der Waals surface area contributed by atoms with Gasteiger partial charge in [0.05, 0.1) is 22.7 Å². The van der Waals surface area contributed by atoms with Gasteiger partial charge in [0, 0.05) is 45.1 Å². The van der Waals surface area contributed by atoms with Gasteiger partial charge in [-0.3, -0.25) is 9.52 Å². The molecular weight excluding hydrogens is 542 g/mol. The number of sulfonamides is 1. The average molecular weight is 575 g/mol. The lowest BCUT2D eigenvalue weighted by molar-refractivity contribution is -0.0223. The molecule has 0 bridgehead atoms. The topological polar surface area (TPSA) is 125 Å². The number of nitrogens with zero attached hydrogens (tertiary/aromatic N) is 6. The molecule has 3 fully saturated rings. The Balaban J connectivity index is 1.29. The summed E-state index contributed by atoms with van der Waals surface area (Å²) < 4.78 is 56.1. The zero-order valence-corrected chi connectivity index (χ0v) is 23.1. The van der Waals surface area contributed by atoms with Crippen LogP contribution in [-0.2, 0) is 10.0 Å². The number of carbonyl (C=O) groups is 1. The fourth-order valence-electron chi connectivity index (χ4n) is 5.50. The molecule has 14 heteroatoms. The Bertz CT molecular complexity index is 1540. The highest BCUT2D eigenvalue weighted by Crippen LogP contribution is 2.54. The summed E-state index contributed by atoms with van der Waals surface area (Å²) in [7, 11) is -3.49.